The quantitative estimate of drug-likeness (QED) is 0.874. The summed E-state index contributed by atoms with van der Waals surface area (Å²) in [5, 5.41) is 8.43. The van der Waals surface area contributed by atoms with Crippen molar-refractivity contribution in [2.45, 2.75) is 77.0 Å². The normalized spacial score (nSPS) is 24.4. The van der Waals surface area contributed by atoms with Gasteiger partial charge in [-0.3, -0.25) is 9.58 Å². The Hall–Kier alpha value is -0.870. The Morgan fingerprint density at radius 2 is 2.05 bits per heavy atom. The fourth-order valence-corrected chi connectivity index (χ4v) is 3.75. The molecule has 1 aliphatic carbocycles. The van der Waals surface area contributed by atoms with Crippen LogP contribution in [0.15, 0.2) is 12.3 Å². The zero-order valence-electron chi connectivity index (χ0n) is 13.6. The molecular weight excluding hydrogens is 260 g/mol. The van der Waals surface area contributed by atoms with Crippen molar-refractivity contribution in [3.8, 4) is 0 Å². The van der Waals surface area contributed by atoms with Gasteiger partial charge in [-0.1, -0.05) is 26.7 Å². The molecule has 2 heterocycles. The van der Waals surface area contributed by atoms with Crippen molar-refractivity contribution in [1.82, 2.24) is 20.0 Å². The Morgan fingerprint density at radius 1 is 1.24 bits per heavy atom. The lowest BCUT2D eigenvalue weighted by atomic mass is 10.2. The van der Waals surface area contributed by atoms with E-state index in [1.54, 1.807) is 0 Å². The average Bonchev–Trinajstić information content (AvgIpc) is 3.18. The molecule has 0 bridgehead atoms. The van der Waals surface area contributed by atoms with Crippen LogP contribution in [0.4, 0.5) is 0 Å². The monoisotopic (exact) mass is 290 g/mol. The smallest absolute Gasteiger partial charge is 0.0765 e. The molecule has 118 valence electrons. The van der Waals surface area contributed by atoms with Gasteiger partial charge in [0, 0.05) is 31.4 Å². The first-order valence-electron chi connectivity index (χ1n) is 8.74. The second kappa shape index (κ2) is 6.93. The highest BCUT2D eigenvalue weighted by Gasteiger charge is 2.25. The maximum atomic E-state index is 4.84. The minimum atomic E-state index is 0.578. The Bertz CT molecular complexity index is 434. The summed E-state index contributed by atoms with van der Waals surface area (Å²) < 4.78 is 2.22. The third-order valence-corrected chi connectivity index (χ3v) is 4.99. The van der Waals surface area contributed by atoms with Gasteiger partial charge in [-0.05, 0) is 38.3 Å². The van der Waals surface area contributed by atoms with Gasteiger partial charge in [0.15, 0.2) is 0 Å². The molecule has 0 radical (unpaired) electrons. The van der Waals surface area contributed by atoms with E-state index in [2.05, 4.69) is 41.0 Å². The van der Waals surface area contributed by atoms with Crippen molar-refractivity contribution < 1.29 is 0 Å². The molecule has 0 aromatic carbocycles. The van der Waals surface area contributed by atoms with E-state index in [4.69, 9.17) is 5.10 Å². The molecule has 3 rings (SSSR count). The SMILES string of the molecule is CC(C)NCC1CCCN1Cc1ccn(C2CCCC2)n1. The summed E-state index contributed by atoms with van der Waals surface area (Å²) in [6.07, 6.45) is 10.2. The Kier molecular flexibility index (Phi) is 4.96. The van der Waals surface area contributed by atoms with Gasteiger partial charge in [-0.2, -0.15) is 5.10 Å². The largest absolute Gasteiger partial charge is 0.313 e. The number of rotatable bonds is 6. The highest BCUT2D eigenvalue weighted by Crippen LogP contribution is 2.29. The first-order chi connectivity index (χ1) is 10.2. The molecule has 0 spiro atoms. The van der Waals surface area contributed by atoms with Gasteiger partial charge < -0.3 is 5.32 Å². The van der Waals surface area contributed by atoms with Crippen molar-refractivity contribution in [1.29, 1.82) is 0 Å². The van der Waals surface area contributed by atoms with Crippen molar-refractivity contribution >= 4 is 0 Å². The van der Waals surface area contributed by atoms with Gasteiger partial charge >= 0.3 is 0 Å². The molecule has 1 atom stereocenters. The lowest BCUT2D eigenvalue weighted by Crippen LogP contribution is -2.39. The molecule has 1 saturated carbocycles. The summed E-state index contributed by atoms with van der Waals surface area (Å²) in [6, 6.07) is 4.15. The number of nitrogens with zero attached hydrogens (tertiary/aromatic N) is 3. The average molecular weight is 290 g/mol. The van der Waals surface area contributed by atoms with Crippen LogP contribution >= 0.6 is 0 Å². The lowest BCUT2D eigenvalue weighted by Gasteiger charge is -2.24. The molecule has 2 aliphatic rings. The van der Waals surface area contributed by atoms with Gasteiger partial charge in [0.05, 0.1) is 11.7 Å². The summed E-state index contributed by atoms with van der Waals surface area (Å²) in [7, 11) is 0. The van der Waals surface area contributed by atoms with E-state index in [9.17, 15) is 0 Å². The van der Waals surface area contributed by atoms with Crippen LogP contribution in [0.3, 0.4) is 0 Å². The van der Waals surface area contributed by atoms with E-state index in [0.29, 0.717) is 18.1 Å². The van der Waals surface area contributed by atoms with Crippen LogP contribution < -0.4 is 5.32 Å². The van der Waals surface area contributed by atoms with E-state index in [1.807, 2.05) is 0 Å². The topological polar surface area (TPSA) is 33.1 Å². The molecule has 1 aromatic heterocycles. The van der Waals surface area contributed by atoms with Crippen molar-refractivity contribution in [3.05, 3.63) is 18.0 Å². The minimum absolute atomic E-state index is 0.578. The first-order valence-corrected chi connectivity index (χ1v) is 8.74. The molecule has 1 aliphatic heterocycles. The van der Waals surface area contributed by atoms with Gasteiger partial charge in [0.25, 0.3) is 0 Å². The second-order valence-electron chi connectivity index (χ2n) is 7.05. The number of hydrogen-bond donors (Lipinski definition) is 1. The van der Waals surface area contributed by atoms with E-state index in [-0.39, 0.29) is 0 Å². The zero-order valence-corrected chi connectivity index (χ0v) is 13.6. The molecule has 1 N–H and O–H groups in total. The van der Waals surface area contributed by atoms with E-state index < -0.39 is 0 Å². The molecule has 4 nitrogen and oxygen atoms in total. The Morgan fingerprint density at radius 3 is 2.81 bits per heavy atom. The maximum absolute atomic E-state index is 4.84. The fourth-order valence-electron chi connectivity index (χ4n) is 3.75. The molecular formula is C17H30N4. The van der Waals surface area contributed by atoms with E-state index >= 15 is 0 Å². The summed E-state index contributed by atoms with van der Waals surface area (Å²) in [6.45, 7) is 7.80. The lowest BCUT2D eigenvalue weighted by molar-refractivity contribution is 0.232. The number of hydrogen-bond acceptors (Lipinski definition) is 3. The van der Waals surface area contributed by atoms with E-state index in [1.165, 1.54) is 50.8 Å². The summed E-state index contributed by atoms with van der Waals surface area (Å²) in [5.41, 5.74) is 1.25. The number of nitrogens with one attached hydrogen (secondary N) is 1. The van der Waals surface area contributed by atoms with Gasteiger partial charge in [-0.25, -0.2) is 0 Å². The number of likely N-dealkylation sites (tertiary alicyclic amines) is 1. The predicted molar refractivity (Wildman–Crippen MR) is 86.3 cm³/mol. The molecule has 0 amide bonds. The van der Waals surface area contributed by atoms with Crippen LogP contribution in [0.2, 0.25) is 0 Å². The van der Waals surface area contributed by atoms with Crippen LogP contribution in [0.25, 0.3) is 0 Å². The van der Waals surface area contributed by atoms with Crippen molar-refractivity contribution in [2.24, 2.45) is 0 Å². The van der Waals surface area contributed by atoms with E-state index in [0.717, 1.165) is 13.1 Å². The zero-order chi connectivity index (χ0) is 14.7. The van der Waals surface area contributed by atoms with Gasteiger partial charge in [-0.15, -0.1) is 0 Å². The molecule has 1 saturated heterocycles. The molecule has 21 heavy (non-hydrogen) atoms. The van der Waals surface area contributed by atoms with Crippen LogP contribution in [-0.2, 0) is 6.54 Å². The van der Waals surface area contributed by atoms with Crippen molar-refractivity contribution in [2.75, 3.05) is 13.1 Å². The summed E-state index contributed by atoms with van der Waals surface area (Å²) in [4.78, 5) is 2.61. The highest BCUT2D eigenvalue weighted by atomic mass is 15.3. The third-order valence-electron chi connectivity index (χ3n) is 4.99. The third kappa shape index (κ3) is 3.86. The van der Waals surface area contributed by atoms with Crippen molar-refractivity contribution in [3.63, 3.8) is 0 Å². The Labute approximate surface area is 128 Å². The molecule has 4 heteroatoms. The van der Waals surface area contributed by atoms with Gasteiger partial charge in [0.1, 0.15) is 0 Å². The minimum Gasteiger partial charge on any atom is -0.313 e. The summed E-state index contributed by atoms with van der Waals surface area (Å²) in [5.74, 6) is 0. The van der Waals surface area contributed by atoms with Crippen LogP contribution in [-0.4, -0.2) is 39.9 Å². The Balaban J connectivity index is 1.55. The molecule has 1 unspecified atom stereocenters. The highest BCUT2D eigenvalue weighted by molar-refractivity contribution is 5.01. The van der Waals surface area contributed by atoms with Crippen LogP contribution in [0.1, 0.15) is 64.1 Å². The predicted octanol–water partition coefficient (Wildman–Crippen LogP) is 2.96. The van der Waals surface area contributed by atoms with Crippen LogP contribution in [0.5, 0.6) is 0 Å². The van der Waals surface area contributed by atoms with Crippen LogP contribution in [0, 0.1) is 0 Å². The number of aromatic nitrogens is 2. The fraction of sp³-hybridized carbons (Fsp3) is 0.824. The summed E-state index contributed by atoms with van der Waals surface area (Å²) >= 11 is 0. The maximum Gasteiger partial charge on any atom is 0.0765 e. The second-order valence-corrected chi connectivity index (χ2v) is 7.05. The standard InChI is InChI=1S/C17H30N4/c1-14(2)18-12-17-8-5-10-20(17)13-15-9-11-21(19-15)16-6-3-4-7-16/h9,11,14,16-18H,3-8,10,12-13H2,1-2H3. The molecule has 1 aromatic rings. The van der Waals surface area contributed by atoms with Gasteiger partial charge in [0.2, 0.25) is 0 Å². The molecule has 2 fully saturated rings. The first kappa shape index (κ1) is 15.0.